The molecule has 8 nitrogen and oxygen atoms in total. The number of aromatic nitrogens is 3. The minimum Gasteiger partial charge on any atom is -0.379 e. The van der Waals surface area contributed by atoms with Gasteiger partial charge >= 0.3 is 0 Å². The number of carbonyl (C=O) groups is 1. The summed E-state index contributed by atoms with van der Waals surface area (Å²) in [5, 5.41) is 5.94. The van der Waals surface area contributed by atoms with Crippen LogP contribution in [0.1, 0.15) is 28.8 Å². The van der Waals surface area contributed by atoms with Crippen LogP contribution in [0.15, 0.2) is 29.0 Å². The molecule has 0 spiro atoms. The number of ether oxygens (including phenoxy) is 1. The number of rotatable bonds is 3. The molecular weight excluding hydrogens is 372 g/mol. The van der Waals surface area contributed by atoms with Gasteiger partial charge < -0.3 is 15.8 Å². The van der Waals surface area contributed by atoms with Gasteiger partial charge in [-0.25, -0.2) is 15.0 Å². The molecule has 1 saturated heterocycles. The van der Waals surface area contributed by atoms with Gasteiger partial charge in [0, 0.05) is 29.4 Å². The monoisotopic (exact) mass is 390 g/mol. The van der Waals surface area contributed by atoms with Crippen molar-refractivity contribution >= 4 is 40.0 Å². The maximum atomic E-state index is 12.3. The Kier molecular flexibility index (Phi) is 4.63. The fraction of sp³-hybridized carbons (Fsp3) is 0.438. The minimum atomic E-state index is -0.567. The maximum absolute atomic E-state index is 12.3. The summed E-state index contributed by atoms with van der Waals surface area (Å²) in [5.41, 5.74) is 5.68. The van der Waals surface area contributed by atoms with E-state index >= 15 is 0 Å². The maximum Gasteiger partial charge on any atom is 0.277 e. The van der Waals surface area contributed by atoms with Crippen LogP contribution in [0.25, 0.3) is 0 Å². The number of aliphatic imine (C=N–C) groups is 1. The number of nitrogens with zero attached hydrogens (tertiary/aromatic N) is 4. The predicted molar refractivity (Wildman–Crippen MR) is 101 cm³/mol. The molecule has 3 atom stereocenters. The Hall–Kier alpha value is -2.04. The van der Waals surface area contributed by atoms with E-state index in [1.54, 1.807) is 17.1 Å². The molecule has 2 aliphatic rings. The molecule has 1 amide bonds. The van der Waals surface area contributed by atoms with Crippen LogP contribution in [0.3, 0.4) is 0 Å². The van der Waals surface area contributed by atoms with Crippen molar-refractivity contribution in [3.8, 4) is 0 Å². The summed E-state index contributed by atoms with van der Waals surface area (Å²) in [6, 6.07) is 0. The first-order chi connectivity index (χ1) is 12.6. The van der Waals surface area contributed by atoms with Gasteiger partial charge in [-0.2, -0.15) is 0 Å². The highest BCUT2D eigenvalue weighted by molar-refractivity contribution is 8.13. The van der Waals surface area contributed by atoms with E-state index in [0.29, 0.717) is 23.5 Å². The van der Waals surface area contributed by atoms with Crippen molar-refractivity contribution in [2.75, 3.05) is 17.7 Å². The number of fused-ring (bicyclic) bond motifs is 1. The number of carbonyl (C=O) groups excluding carboxylic acids is 1. The molecule has 3 unspecified atom stereocenters. The fourth-order valence-electron chi connectivity index (χ4n) is 3.21. The molecule has 2 aromatic rings. The van der Waals surface area contributed by atoms with Crippen molar-refractivity contribution in [3.63, 3.8) is 0 Å². The minimum absolute atomic E-state index is 0.194. The second-order valence-electron chi connectivity index (χ2n) is 6.32. The van der Waals surface area contributed by atoms with E-state index in [1.165, 1.54) is 29.9 Å². The number of nitrogens with two attached hydrogens (primary N) is 1. The lowest BCUT2D eigenvalue weighted by atomic mass is 9.80. The van der Waals surface area contributed by atoms with Crippen LogP contribution >= 0.6 is 23.1 Å². The summed E-state index contributed by atoms with van der Waals surface area (Å²) in [6.07, 6.45) is 5.51. The van der Waals surface area contributed by atoms with Crippen LogP contribution in [0.2, 0.25) is 0 Å². The van der Waals surface area contributed by atoms with Crippen molar-refractivity contribution in [1.29, 1.82) is 0 Å². The SMILES string of the molecule is CC1CC2CSC(N)=NC2(c2nc(NC(=O)c3cnccn3)cs2)CO1. The lowest BCUT2D eigenvalue weighted by Crippen LogP contribution is -2.49. The quantitative estimate of drug-likeness (QED) is 0.822. The van der Waals surface area contributed by atoms with E-state index in [9.17, 15) is 4.79 Å². The molecule has 26 heavy (non-hydrogen) atoms. The third-order valence-corrected chi connectivity index (χ3v) is 6.50. The van der Waals surface area contributed by atoms with E-state index in [2.05, 4.69) is 27.2 Å². The molecule has 136 valence electrons. The molecule has 2 aromatic heterocycles. The lowest BCUT2D eigenvalue weighted by Gasteiger charge is -2.44. The molecule has 3 N–H and O–H groups in total. The zero-order valence-corrected chi connectivity index (χ0v) is 15.7. The molecule has 2 aliphatic heterocycles. The highest BCUT2D eigenvalue weighted by Gasteiger charge is 2.49. The zero-order chi connectivity index (χ0) is 18.1. The summed E-state index contributed by atoms with van der Waals surface area (Å²) in [6.45, 7) is 2.52. The third-order valence-electron chi connectivity index (χ3n) is 4.53. The van der Waals surface area contributed by atoms with Crippen LogP contribution in [0.5, 0.6) is 0 Å². The highest BCUT2D eigenvalue weighted by atomic mass is 32.2. The van der Waals surface area contributed by atoms with E-state index in [-0.39, 0.29) is 17.7 Å². The van der Waals surface area contributed by atoms with Crippen LogP contribution in [0.4, 0.5) is 5.82 Å². The number of hydrogen-bond donors (Lipinski definition) is 2. The van der Waals surface area contributed by atoms with E-state index < -0.39 is 5.54 Å². The van der Waals surface area contributed by atoms with Gasteiger partial charge in [-0.1, -0.05) is 11.8 Å². The Labute approximate surface area is 158 Å². The fourth-order valence-corrected chi connectivity index (χ4v) is 5.18. The van der Waals surface area contributed by atoms with Gasteiger partial charge in [-0.15, -0.1) is 11.3 Å². The summed E-state index contributed by atoms with van der Waals surface area (Å²) >= 11 is 3.04. The van der Waals surface area contributed by atoms with Gasteiger partial charge in [-0.05, 0) is 13.3 Å². The summed E-state index contributed by atoms with van der Waals surface area (Å²) in [7, 11) is 0. The number of anilines is 1. The molecule has 4 heterocycles. The first-order valence-electron chi connectivity index (χ1n) is 8.20. The van der Waals surface area contributed by atoms with Crippen LogP contribution in [0, 0.1) is 5.92 Å². The molecule has 0 radical (unpaired) electrons. The second kappa shape index (κ2) is 6.93. The van der Waals surface area contributed by atoms with Gasteiger partial charge in [0.2, 0.25) is 0 Å². The molecule has 0 saturated carbocycles. The smallest absolute Gasteiger partial charge is 0.277 e. The number of hydrogen-bond acceptors (Lipinski definition) is 9. The summed E-state index contributed by atoms with van der Waals surface area (Å²) in [4.78, 5) is 29.5. The Morgan fingerprint density at radius 2 is 2.35 bits per heavy atom. The van der Waals surface area contributed by atoms with Crippen molar-refractivity contribution < 1.29 is 9.53 Å². The van der Waals surface area contributed by atoms with Crippen LogP contribution in [-0.2, 0) is 10.3 Å². The van der Waals surface area contributed by atoms with Crippen molar-refractivity contribution in [1.82, 2.24) is 15.0 Å². The van der Waals surface area contributed by atoms with E-state index in [1.807, 2.05) is 0 Å². The Balaban J connectivity index is 1.60. The van der Waals surface area contributed by atoms with Crippen molar-refractivity contribution in [2.45, 2.75) is 25.0 Å². The third kappa shape index (κ3) is 3.19. The molecular formula is C16H18N6O2S2. The average Bonchev–Trinajstić information content (AvgIpc) is 3.12. The lowest BCUT2D eigenvalue weighted by molar-refractivity contribution is -0.0466. The number of nitrogens with one attached hydrogen (secondary N) is 1. The zero-order valence-electron chi connectivity index (χ0n) is 14.1. The first kappa shape index (κ1) is 17.4. The number of amidine groups is 1. The Morgan fingerprint density at radius 1 is 1.46 bits per heavy atom. The van der Waals surface area contributed by atoms with Crippen molar-refractivity contribution in [2.24, 2.45) is 16.6 Å². The van der Waals surface area contributed by atoms with Gasteiger partial charge in [0.15, 0.2) is 5.17 Å². The molecule has 4 rings (SSSR count). The van der Waals surface area contributed by atoms with Gasteiger partial charge in [0.25, 0.3) is 5.91 Å². The average molecular weight is 390 g/mol. The number of amides is 1. The van der Waals surface area contributed by atoms with Crippen LogP contribution < -0.4 is 11.1 Å². The topological polar surface area (TPSA) is 115 Å². The molecule has 10 heteroatoms. The first-order valence-corrected chi connectivity index (χ1v) is 10.1. The summed E-state index contributed by atoms with van der Waals surface area (Å²) in [5.74, 6) is 1.32. The number of thiazole rings is 1. The Bertz CT molecular complexity index is 842. The van der Waals surface area contributed by atoms with E-state index in [4.69, 9.17) is 15.5 Å². The van der Waals surface area contributed by atoms with Gasteiger partial charge in [0.1, 0.15) is 22.1 Å². The number of thioether (sulfide) groups is 1. The molecule has 0 aliphatic carbocycles. The molecule has 1 fully saturated rings. The summed E-state index contributed by atoms with van der Waals surface area (Å²) < 4.78 is 5.90. The van der Waals surface area contributed by atoms with Crippen LogP contribution in [-0.4, -0.2) is 44.5 Å². The second-order valence-corrected chi connectivity index (χ2v) is 8.22. The van der Waals surface area contributed by atoms with Gasteiger partial charge in [0.05, 0.1) is 18.9 Å². The largest absolute Gasteiger partial charge is 0.379 e. The highest BCUT2D eigenvalue weighted by Crippen LogP contribution is 2.46. The van der Waals surface area contributed by atoms with Gasteiger partial charge in [-0.3, -0.25) is 9.78 Å². The molecule has 0 bridgehead atoms. The van der Waals surface area contributed by atoms with E-state index in [0.717, 1.165) is 17.2 Å². The molecule has 0 aromatic carbocycles. The Morgan fingerprint density at radius 3 is 3.15 bits per heavy atom. The van der Waals surface area contributed by atoms with Crippen molar-refractivity contribution in [3.05, 3.63) is 34.7 Å². The normalized spacial score (nSPS) is 28.1. The predicted octanol–water partition coefficient (Wildman–Crippen LogP) is 1.87. The standard InChI is InChI=1S/C16H18N6O2S2/c1-9-4-10-6-26-15(17)22-16(10,8-24-9)14-21-12(7-25-14)20-13(23)11-5-18-2-3-19-11/h2-3,5,7,9-10H,4,6,8H2,1H3,(H2,17,22)(H,20,23).